The maximum atomic E-state index is 6.19. The van der Waals surface area contributed by atoms with Crippen LogP contribution in [0.2, 0.25) is 18.1 Å². The number of hydrogen-bond donors (Lipinski definition) is 0. The van der Waals surface area contributed by atoms with E-state index in [1.807, 2.05) is 0 Å². The molecule has 0 atom stereocenters. The Morgan fingerprint density at radius 3 is 1.94 bits per heavy atom. The van der Waals surface area contributed by atoms with Gasteiger partial charge in [0.05, 0.1) is 6.61 Å². The molecule has 1 rings (SSSR count). The van der Waals surface area contributed by atoms with Gasteiger partial charge in [-0.2, -0.15) is 0 Å². The van der Waals surface area contributed by atoms with Crippen LogP contribution in [0.25, 0.3) is 0 Å². The van der Waals surface area contributed by atoms with Crippen molar-refractivity contribution in [1.82, 2.24) is 0 Å². The number of alkyl halides is 1. The van der Waals surface area contributed by atoms with Crippen LogP contribution in [-0.4, -0.2) is 8.32 Å². The fourth-order valence-electron chi connectivity index (χ4n) is 1.20. The van der Waals surface area contributed by atoms with Crippen LogP contribution < -0.4 is 0 Å². The molecule has 0 amide bonds. The first-order chi connectivity index (χ1) is 7.76. The fourth-order valence-corrected chi connectivity index (χ4v) is 2.67. The van der Waals surface area contributed by atoms with E-state index in [2.05, 4.69) is 80.7 Å². The summed E-state index contributed by atoms with van der Waals surface area (Å²) in [6.07, 6.45) is 0. The van der Waals surface area contributed by atoms with Crippen LogP contribution >= 0.6 is 22.6 Å². The van der Waals surface area contributed by atoms with E-state index in [0.717, 1.165) is 11.0 Å². The second-order valence-electron chi connectivity index (χ2n) is 6.00. The molecule has 0 aliphatic carbocycles. The van der Waals surface area contributed by atoms with Gasteiger partial charge in [-0.3, -0.25) is 0 Å². The second-order valence-corrected chi connectivity index (χ2v) is 11.6. The Hall–Kier alpha value is 0.127. The molecular formula is C14H23IOSi. The van der Waals surface area contributed by atoms with Gasteiger partial charge in [-0.05, 0) is 29.3 Å². The first-order valence-electron chi connectivity index (χ1n) is 6.04. The van der Waals surface area contributed by atoms with E-state index in [1.54, 1.807) is 0 Å². The lowest BCUT2D eigenvalue weighted by molar-refractivity contribution is 0.276. The van der Waals surface area contributed by atoms with Crippen LogP contribution in [0.5, 0.6) is 0 Å². The summed E-state index contributed by atoms with van der Waals surface area (Å²) in [6, 6.07) is 8.75. The average Bonchev–Trinajstić information content (AvgIpc) is 2.25. The zero-order chi connectivity index (χ0) is 13.1. The van der Waals surface area contributed by atoms with Crippen molar-refractivity contribution in [2.75, 3.05) is 0 Å². The molecule has 3 heteroatoms. The third kappa shape index (κ3) is 4.37. The van der Waals surface area contributed by atoms with Gasteiger partial charge in [-0.1, -0.05) is 67.6 Å². The molecule has 0 bridgehead atoms. The van der Waals surface area contributed by atoms with Crippen LogP contribution in [-0.2, 0) is 15.5 Å². The van der Waals surface area contributed by atoms with Crippen LogP contribution in [0.4, 0.5) is 0 Å². The van der Waals surface area contributed by atoms with E-state index in [-0.39, 0.29) is 5.04 Å². The molecule has 1 nitrogen and oxygen atoms in total. The van der Waals surface area contributed by atoms with E-state index in [0.29, 0.717) is 0 Å². The second kappa shape index (κ2) is 5.84. The smallest absolute Gasteiger partial charge is 0.192 e. The van der Waals surface area contributed by atoms with Crippen molar-refractivity contribution in [2.45, 2.75) is 49.9 Å². The Labute approximate surface area is 120 Å². The highest BCUT2D eigenvalue weighted by Crippen LogP contribution is 2.37. The normalized spacial score (nSPS) is 12.8. The van der Waals surface area contributed by atoms with Crippen molar-refractivity contribution in [3.8, 4) is 0 Å². The Kier molecular flexibility index (Phi) is 5.22. The van der Waals surface area contributed by atoms with Crippen LogP contribution in [0, 0.1) is 0 Å². The Morgan fingerprint density at radius 2 is 1.53 bits per heavy atom. The highest BCUT2D eigenvalue weighted by molar-refractivity contribution is 14.1. The van der Waals surface area contributed by atoms with Gasteiger partial charge in [0.15, 0.2) is 8.32 Å². The van der Waals surface area contributed by atoms with Crippen molar-refractivity contribution >= 4 is 30.9 Å². The third-order valence-electron chi connectivity index (χ3n) is 3.58. The van der Waals surface area contributed by atoms with E-state index < -0.39 is 8.32 Å². The van der Waals surface area contributed by atoms with Crippen LogP contribution in [0.3, 0.4) is 0 Å². The molecule has 0 aliphatic rings. The Morgan fingerprint density at radius 1 is 1.06 bits per heavy atom. The molecule has 1 aromatic carbocycles. The average molecular weight is 362 g/mol. The predicted octanol–water partition coefficient (Wildman–Crippen LogP) is 5.14. The fraction of sp³-hybridized carbons (Fsp3) is 0.571. The molecule has 0 unspecified atom stereocenters. The highest BCUT2D eigenvalue weighted by Gasteiger charge is 2.36. The Bertz CT molecular complexity index is 351. The minimum Gasteiger partial charge on any atom is -0.413 e. The standard InChI is InChI=1S/C14H23IOSi/c1-14(2,3)17(4,5)16-11-13-8-6-12(10-15)7-9-13/h6-9H,10-11H2,1-5H3. The molecule has 0 fully saturated rings. The summed E-state index contributed by atoms with van der Waals surface area (Å²) in [5.74, 6) is 0. The molecule has 0 radical (unpaired) electrons. The summed E-state index contributed by atoms with van der Waals surface area (Å²) >= 11 is 2.39. The molecule has 0 saturated heterocycles. The largest absolute Gasteiger partial charge is 0.413 e. The van der Waals surface area contributed by atoms with Crippen molar-refractivity contribution < 1.29 is 4.43 Å². The van der Waals surface area contributed by atoms with E-state index >= 15 is 0 Å². The lowest BCUT2D eigenvalue weighted by atomic mass is 10.2. The van der Waals surface area contributed by atoms with Gasteiger partial charge in [-0.25, -0.2) is 0 Å². The van der Waals surface area contributed by atoms with E-state index in [1.165, 1.54) is 11.1 Å². The molecule has 0 heterocycles. The summed E-state index contributed by atoms with van der Waals surface area (Å²) in [4.78, 5) is 0. The SMILES string of the molecule is CC(C)(C)[Si](C)(C)OCc1ccc(CI)cc1. The zero-order valence-electron chi connectivity index (χ0n) is 11.5. The van der Waals surface area contributed by atoms with Crippen LogP contribution in [0.1, 0.15) is 31.9 Å². The summed E-state index contributed by atoms with van der Waals surface area (Å²) in [6.45, 7) is 12.2. The quantitative estimate of drug-likeness (QED) is 0.409. The topological polar surface area (TPSA) is 9.23 Å². The lowest BCUT2D eigenvalue weighted by Crippen LogP contribution is -2.40. The van der Waals surface area contributed by atoms with Gasteiger partial charge in [-0.15, -0.1) is 0 Å². The molecule has 0 aromatic heterocycles. The molecule has 17 heavy (non-hydrogen) atoms. The van der Waals surface area contributed by atoms with Crippen molar-refractivity contribution in [2.24, 2.45) is 0 Å². The molecular weight excluding hydrogens is 339 g/mol. The third-order valence-corrected chi connectivity index (χ3v) is 8.94. The molecule has 0 spiro atoms. The maximum absolute atomic E-state index is 6.19. The number of rotatable bonds is 4. The van der Waals surface area contributed by atoms with Crippen molar-refractivity contribution in [1.29, 1.82) is 0 Å². The van der Waals surface area contributed by atoms with Crippen molar-refractivity contribution in [3.63, 3.8) is 0 Å². The highest BCUT2D eigenvalue weighted by atomic mass is 127. The number of hydrogen-bond acceptors (Lipinski definition) is 1. The summed E-state index contributed by atoms with van der Waals surface area (Å²) in [5, 5.41) is 0.287. The van der Waals surface area contributed by atoms with Gasteiger partial charge in [0, 0.05) is 4.43 Å². The first-order valence-corrected chi connectivity index (χ1v) is 10.5. The summed E-state index contributed by atoms with van der Waals surface area (Å²) in [7, 11) is -1.61. The number of halogens is 1. The molecule has 0 saturated carbocycles. The first kappa shape index (κ1) is 15.2. The predicted molar refractivity (Wildman–Crippen MR) is 86.2 cm³/mol. The van der Waals surface area contributed by atoms with E-state index in [4.69, 9.17) is 4.43 Å². The van der Waals surface area contributed by atoms with Crippen molar-refractivity contribution in [3.05, 3.63) is 35.4 Å². The van der Waals surface area contributed by atoms with Gasteiger partial charge < -0.3 is 4.43 Å². The zero-order valence-corrected chi connectivity index (χ0v) is 14.7. The summed E-state index contributed by atoms with van der Waals surface area (Å²) < 4.78 is 7.26. The number of benzene rings is 1. The molecule has 0 N–H and O–H groups in total. The lowest BCUT2D eigenvalue weighted by Gasteiger charge is -2.36. The van der Waals surface area contributed by atoms with Crippen LogP contribution in [0.15, 0.2) is 24.3 Å². The van der Waals surface area contributed by atoms with E-state index in [9.17, 15) is 0 Å². The Balaban J connectivity index is 2.61. The molecule has 0 aliphatic heterocycles. The van der Waals surface area contributed by atoms with Gasteiger partial charge >= 0.3 is 0 Å². The van der Waals surface area contributed by atoms with Gasteiger partial charge in [0.2, 0.25) is 0 Å². The minimum absolute atomic E-state index is 0.287. The van der Waals surface area contributed by atoms with Gasteiger partial charge in [0.25, 0.3) is 0 Å². The maximum Gasteiger partial charge on any atom is 0.192 e. The molecule has 1 aromatic rings. The molecule has 96 valence electrons. The summed E-state index contributed by atoms with van der Waals surface area (Å²) in [5.41, 5.74) is 2.66. The monoisotopic (exact) mass is 362 g/mol. The minimum atomic E-state index is -1.61. The van der Waals surface area contributed by atoms with Gasteiger partial charge in [0.1, 0.15) is 0 Å².